The number of nitriles is 1. The van der Waals surface area contributed by atoms with Crippen molar-refractivity contribution in [2.75, 3.05) is 29.9 Å². The fourth-order valence-corrected chi connectivity index (χ4v) is 5.69. The van der Waals surface area contributed by atoms with Crippen LogP contribution in [0.1, 0.15) is 31.4 Å². The minimum absolute atomic E-state index is 0.124. The number of nitrogens with zero attached hydrogens (tertiary/aromatic N) is 8. The van der Waals surface area contributed by atoms with Crippen molar-refractivity contribution in [1.82, 2.24) is 24.1 Å². The van der Waals surface area contributed by atoms with E-state index in [-0.39, 0.29) is 10.9 Å². The van der Waals surface area contributed by atoms with E-state index in [0.29, 0.717) is 45.0 Å². The van der Waals surface area contributed by atoms with Gasteiger partial charge in [-0.2, -0.15) is 15.5 Å². The van der Waals surface area contributed by atoms with Crippen molar-refractivity contribution >= 4 is 28.1 Å². The highest BCUT2D eigenvalue weighted by Crippen LogP contribution is 2.32. The Morgan fingerprint density at radius 2 is 1.80 bits per heavy atom. The molecule has 5 aromatic rings. The van der Waals surface area contributed by atoms with Crippen LogP contribution in [0, 0.1) is 17.1 Å². The van der Waals surface area contributed by atoms with Gasteiger partial charge in [-0.25, -0.2) is 9.07 Å². The maximum absolute atomic E-state index is 15.4. The van der Waals surface area contributed by atoms with E-state index in [2.05, 4.69) is 21.2 Å². The number of aromatic nitrogens is 5. The van der Waals surface area contributed by atoms with E-state index >= 15 is 4.39 Å². The summed E-state index contributed by atoms with van der Waals surface area (Å²) in [5, 5.41) is 29.5. The number of anilines is 3. The molecule has 0 saturated carbocycles. The smallest absolute Gasteiger partial charge is 0.290 e. The molecule has 0 aliphatic carbocycles. The standard InChI is InChI=1S/C33H33FN8O3/c1-33(2,19-35)21-14-20-10-13-42(32(45)30(20)24(34)15-21)26-9-6-8-22(23(26)18-43)25-16-27(31(44)40(5)36-25)38(3)28-17-29(39(4)37-28)41-11-7-12-41/h6,8-10,13-17,43H,7,11-12,18H2,1-5H3. The summed E-state index contributed by atoms with van der Waals surface area (Å²) in [5.41, 5.74) is 0.523. The molecule has 45 heavy (non-hydrogen) atoms. The van der Waals surface area contributed by atoms with Crippen molar-refractivity contribution in [3.63, 3.8) is 0 Å². The first-order valence-electron chi connectivity index (χ1n) is 14.6. The summed E-state index contributed by atoms with van der Waals surface area (Å²) in [6.07, 6.45) is 2.65. The number of fused-ring (bicyclic) bond motifs is 1. The second kappa shape index (κ2) is 11.0. The summed E-state index contributed by atoms with van der Waals surface area (Å²) >= 11 is 0. The van der Waals surface area contributed by atoms with Gasteiger partial charge in [-0.3, -0.25) is 18.8 Å². The summed E-state index contributed by atoms with van der Waals surface area (Å²) in [4.78, 5) is 30.9. The predicted molar refractivity (Wildman–Crippen MR) is 171 cm³/mol. The lowest BCUT2D eigenvalue weighted by Gasteiger charge is -2.32. The largest absolute Gasteiger partial charge is 0.392 e. The third-order valence-electron chi connectivity index (χ3n) is 8.57. The number of hydrogen-bond acceptors (Lipinski definition) is 8. The molecular weight excluding hydrogens is 575 g/mol. The number of hydrogen-bond donors (Lipinski definition) is 1. The molecule has 0 unspecified atom stereocenters. The number of benzene rings is 2. The number of pyridine rings is 1. The fourth-order valence-electron chi connectivity index (χ4n) is 5.69. The molecule has 4 heterocycles. The maximum Gasteiger partial charge on any atom is 0.290 e. The van der Waals surface area contributed by atoms with Crippen molar-refractivity contribution in [3.05, 3.63) is 92.4 Å². The molecule has 0 atom stereocenters. The number of rotatable bonds is 7. The highest BCUT2D eigenvalue weighted by molar-refractivity contribution is 5.84. The summed E-state index contributed by atoms with van der Waals surface area (Å²) in [6, 6.07) is 15.3. The monoisotopic (exact) mass is 608 g/mol. The highest BCUT2D eigenvalue weighted by Gasteiger charge is 2.25. The van der Waals surface area contributed by atoms with Gasteiger partial charge in [-0.15, -0.1) is 0 Å². The zero-order chi connectivity index (χ0) is 32.2. The second-order valence-electron chi connectivity index (χ2n) is 11.8. The molecule has 12 heteroatoms. The Bertz CT molecular complexity index is 2140. The van der Waals surface area contributed by atoms with Crippen LogP contribution in [-0.4, -0.2) is 49.4 Å². The van der Waals surface area contributed by atoms with Gasteiger partial charge in [-0.05, 0) is 61.5 Å². The van der Waals surface area contributed by atoms with Gasteiger partial charge in [0, 0.05) is 57.6 Å². The van der Waals surface area contributed by atoms with Crippen molar-refractivity contribution in [2.45, 2.75) is 32.3 Å². The van der Waals surface area contributed by atoms with E-state index in [1.807, 2.05) is 13.1 Å². The number of aliphatic hydroxyl groups is 1. The van der Waals surface area contributed by atoms with Crippen molar-refractivity contribution in [1.29, 1.82) is 5.26 Å². The van der Waals surface area contributed by atoms with Crippen LogP contribution in [-0.2, 0) is 26.1 Å². The highest BCUT2D eigenvalue weighted by atomic mass is 19.1. The van der Waals surface area contributed by atoms with E-state index in [1.54, 1.807) is 73.9 Å². The zero-order valence-electron chi connectivity index (χ0n) is 25.7. The van der Waals surface area contributed by atoms with E-state index in [1.165, 1.54) is 21.5 Å². The molecule has 2 aromatic carbocycles. The van der Waals surface area contributed by atoms with Crippen LogP contribution < -0.4 is 20.9 Å². The number of aryl methyl sites for hydroxylation is 2. The van der Waals surface area contributed by atoms with Gasteiger partial charge in [0.25, 0.3) is 11.1 Å². The molecule has 1 aliphatic rings. The fraction of sp³-hybridized carbons (Fsp3) is 0.303. The van der Waals surface area contributed by atoms with Gasteiger partial charge in [-0.1, -0.05) is 12.1 Å². The molecule has 0 amide bonds. The molecule has 1 aliphatic heterocycles. The lowest BCUT2D eigenvalue weighted by molar-refractivity contribution is 0.282. The Balaban J connectivity index is 1.46. The van der Waals surface area contributed by atoms with Gasteiger partial charge >= 0.3 is 0 Å². The molecule has 230 valence electrons. The third-order valence-corrected chi connectivity index (χ3v) is 8.57. The van der Waals surface area contributed by atoms with Gasteiger partial charge < -0.3 is 14.9 Å². The van der Waals surface area contributed by atoms with Crippen LogP contribution in [0.2, 0.25) is 0 Å². The molecule has 11 nitrogen and oxygen atoms in total. The SMILES string of the molecule is CN(c1cc(N2CCC2)n(C)n1)c1cc(-c2cccc(-n3ccc4cc(C(C)(C)C#N)cc(F)c4c3=O)c2CO)nn(C)c1=O. The Hall–Kier alpha value is -5.28. The van der Waals surface area contributed by atoms with Gasteiger partial charge in [0.2, 0.25) is 0 Å². The minimum atomic E-state index is -0.939. The van der Waals surface area contributed by atoms with Crippen molar-refractivity contribution in [3.8, 4) is 23.0 Å². The summed E-state index contributed by atoms with van der Waals surface area (Å²) in [5.74, 6) is 0.827. The van der Waals surface area contributed by atoms with Crippen LogP contribution in [0.5, 0.6) is 0 Å². The molecule has 0 radical (unpaired) electrons. The first kappa shape index (κ1) is 29.8. The Kier molecular flexibility index (Phi) is 7.29. The Morgan fingerprint density at radius 3 is 2.47 bits per heavy atom. The van der Waals surface area contributed by atoms with Crippen LogP contribution in [0.4, 0.5) is 21.7 Å². The van der Waals surface area contributed by atoms with Crippen molar-refractivity contribution < 1.29 is 9.50 Å². The predicted octanol–water partition coefficient (Wildman–Crippen LogP) is 3.90. The molecule has 6 rings (SSSR count). The molecule has 0 bridgehead atoms. The van der Waals surface area contributed by atoms with Gasteiger partial charge in [0.1, 0.15) is 17.3 Å². The van der Waals surface area contributed by atoms with E-state index in [9.17, 15) is 20.0 Å². The Morgan fingerprint density at radius 1 is 1.04 bits per heavy atom. The molecule has 1 fully saturated rings. The van der Waals surface area contributed by atoms with Crippen molar-refractivity contribution in [2.24, 2.45) is 14.1 Å². The normalized spacial score (nSPS) is 13.2. The molecule has 0 spiro atoms. The third kappa shape index (κ3) is 4.95. The lowest BCUT2D eigenvalue weighted by Crippen LogP contribution is -2.38. The summed E-state index contributed by atoms with van der Waals surface area (Å²) < 4.78 is 19.7. The molecule has 1 N–H and O–H groups in total. The maximum atomic E-state index is 15.4. The average Bonchev–Trinajstić information content (AvgIpc) is 3.37. The first-order chi connectivity index (χ1) is 21.4. The van der Waals surface area contributed by atoms with E-state index in [0.717, 1.165) is 25.3 Å². The Labute approximate surface area is 258 Å². The van der Waals surface area contributed by atoms with Crippen LogP contribution in [0.3, 0.4) is 0 Å². The molecule has 3 aromatic heterocycles. The molecule has 1 saturated heterocycles. The quantitative estimate of drug-likeness (QED) is 0.295. The summed E-state index contributed by atoms with van der Waals surface area (Å²) in [6.45, 7) is 4.83. The summed E-state index contributed by atoms with van der Waals surface area (Å²) in [7, 11) is 5.18. The van der Waals surface area contributed by atoms with E-state index in [4.69, 9.17) is 0 Å². The first-order valence-corrected chi connectivity index (χ1v) is 14.6. The van der Waals surface area contributed by atoms with Crippen LogP contribution in [0.25, 0.3) is 27.7 Å². The second-order valence-corrected chi connectivity index (χ2v) is 11.8. The van der Waals surface area contributed by atoms with E-state index < -0.39 is 23.4 Å². The lowest BCUT2D eigenvalue weighted by atomic mass is 9.85. The average molecular weight is 609 g/mol. The van der Waals surface area contributed by atoms with Gasteiger partial charge in [0.15, 0.2) is 5.82 Å². The number of aliphatic hydroxyl groups excluding tert-OH is 1. The van der Waals surface area contributed by atoms with Gasteiger partial charge in [0.05, 0.1) is 34.9 Å². The number of halogens is 1. The van der Waals surface area contributed by atoms with Crippen LogP contribution in [0.15, 0.2) is 64.3 Å². The topological polar surface area (TPSA) is 125 Å². The minimum Gasteiger partial charge on any atom is -0.392 e. The zero-order valence-corrected chi connectivity index (χ0v) is 25.7. The molecular formula is C33H33FN8O3. The van der Waals surface area contributed by atoms with Crippen LogP contribution >= 0.6 is 0 Å².